The summed E-state index contributed by atoms with van der Waals surface area (Å²) in [5.41, 5.74) is 4.24. The van der Waals surface area contributed by atoms with E-state index in [1.54, 1.807) is 0 Å². The zero-order chi connectivity index (χ0) is 24.9. The number of aryl methyl sites for hydroxylation is 3. The van der Waals surface area contributed by atoms with E-state index in [1.807, 2.05) is 16.8 Å². The zero-order valence-corrected chi connectivity index (χ0v) is 21.4. The van der Waals surface area contributed by atoms with Crippen LogP contribution in [0.4, 0.5) is 0 Å². The molecule has 7 heteroatoms. The van der Waals surface area contributed by atoms with Crippen molar-refractivity contribution in [2.75, 3.05) is 0 Å². The quantitative estimate of drug-likeness (QED) is 0.334. The van der Waals surface area contributed by atoms with Crippen molar-refractivity contribution in [3.63, 3.8) is 0 Å². The number of rotatable bonds is 10. The van der Waals surface area contributed by atoms with E-state index < -0.39 is 0 Å². The van der Waals surface area contributed by atoms with Gasteiger partial charge in [0.1, 0.15) is 0 Å². The summed E-state index contributed by atoms with van der Waals surface area (Å²) >= 11 is 0. The highest BCUT2D eigenvalue weighted by Gasteiger charge is 2.32. The summed E-state index contributed by atoms with van der Waals surface area (Å²) in [5, 5.41) is 14.0. The number of aromatic nitrogens is 5. The Labute approximate surface area is 212 Å². The fourth-order valence-electron chi connectivity index (χ4n) is 5.62. The normalized spacial score (nSPS) is 15.2. The molecule has 2 aromatic carbocycles. The van der Waals surface area contributed by atoms with Crippen LogP contribution in [0.15, 0.2) is 59.4 Å². The number of fused-ring (bicyclic) bond motifs is 1. The second-order valence-corrected chi connectivity index (χ2v) is 9.93. The fourth-order valence-corrected chi connectivity index (χ4v) is 5.62. The van der Waals surface area contributed by atoms with Crippen molar-refractivity contribution < 1.29 is 0 Å². The predicted octanol–water partition coefficient (Wildman–Crippen LogP) is 5.22. The molecule has 2 aromatic heterocycles. The van der Waals surface area contributed by atoms with Crippen LogP contribution in [-0.4, -0.2) is 36.1 Å². The van der Waals surface area contributed by atoms with Gasteiger partial charge in [-0.2, -0.15) is 0 Å². The number of nitrogens with one attached hydrogen (secondary N) is 1. The molecule has 0 aliphatic heterocycles. The minimum atomic E-state index is -0.00623. The van der Waals surface area contributed by atoms with Gasteiger partial charge in [0.2, 0.25) is 0 Å². The SMILES string of the molecule is CCc1ccc2[nH]c(=O)c(CN(C3CCCC3)C(CC)c3nnnn3CCc3ccccc3)cc2c1. The van der Waals surface area contributed by atoms with Crippen LogP contribution in [-0.2, 0) is 25.9 Å². The minimum Gasteiger partial charge on any atom is -0.322 e. The van der Waals surface area contributed by atoms with E-state index in [1.165, 1.54) is 24.0 Å². The molecule has 1 saturated carbocycles. The number of hydrogen-bond donors (Lipinski definition) is 1. The van der Waals surface area contributed by atoms with Gasteiger partial charge in [0, 0.05) is 30.2 Å². The Morgan fingerprint density at radius 1 is 1.06 bits per heavy atom. The number of aromatic amines is 1. The van der Waals surface area contributed by atoms with E-state index in [2.05, 4.69) is 81.7 Å². The Kier molecular flexibility index (Phi) is 7.56. The molecule has 1 atom stereocenters. The first-order chi connectivity index (χ1) is 17.7. The lowest BCUT2D eigenvalue weighted by Crippen LogP contribution is -2.39. The Morgan fingerprint density at radius 3 is 2.61 bits per heavy atom. The summed E-state index contributed by atoms with van der Waals surface area (Å²) in [6, 6.07) is 19.3. The van der Waals surface area contributed by atoms with Crippen molar-refractivity contribution in [3.05, 3.63) is 87.5 Å². The molecule has 5 rings (SSSR count). The average Bonchev–Trinajstić information content (AvgIpc) is 3.61. The van der Waals surface area contributed by atoms with E-state index in [9.17, 15) is 4.79 Å². The molecule has 1 aliphatic carbocycles. The second kappa shape index (κ2) is 11.2. The molecule has 0 amide bonds. The molecule has 0 spiro atoms. The zero-order valence-electron chi connectivity index (χ0n) is 21.4. The van der Waals surface area contributed by atoms with Crippen molar-refractivity contribution in [1.29, 1.82) is 0 Å². The van der Waals surface area contributed by atoms with Gasteiger partial charge in [0.25, 0.3) is 5.56 Å². The van der Waals surface area contributed by atoms with Crippen LogP contribution in [0.2, 0.25) is 0 Å². The molecule has 36 heavy (non-hydrogen) atoms. The molecule has 2 heterocycles. The van der Waals surface area contributed by atoms with Crippen molar-refractivity contribution in [3.8, 4) is 0 Å². The van der Waals surface area contributed by atoms with Gasteiger partial charge in [-0.3, -0.25) is 9.69 Å². The molecular formula is C29H36N6O. The monoisotopic (exact) mass is 484 g/mol. The minimum absolute atomic E-state index is 0.00623. The van der Waals surface area contributed by atoms with Crippen LogP contribution >= 0.6 is 0 Å². The van der Waals surface area contributed by atoms with Crippen LogP contribution < -0.4 is 5.56 Å². The van der Waals surface area contributed by atoms with E-state index in [-0.39, 0.29) is 11.6 Å². The molecule has 188 valence electrons. The Bertz CT molecular complexity index is 1340. The molecule has 1 fully saturated rings. The molecule has 7 nitrogen and oxygen atoms in total. The first-order valence-electron chi connectivity index (χ1n) is 13.4. The third kappa shape index (κ3) is 5.26. The molecule has 4 aromatic rings. The summed E-state index contributed by atoms with van der Waals surface area (Å²) < 4.78 is 1.96. The average molecular weight is 485 g/mol. The van der Waals surface area contributed by atoms with Crippen LogP contribution in [0.25, 0.3) is 10.9 Å². The van der Waals surface area contributed by atoms with Crippen molar-refractivity contribution >= 4 is 10.9 Å². The first-order valence-corrected chi connectivity index (χ1v) is 13.4. The van der Waals surface area contributed by atoms with Gasteiger partial charge in [-0.1, -0.05) is 63.1 Å². The smallest absolute Gasteiger partial charge is 0.252 e. The summed E-state index contributed by atoms with van der Waals surface area (Å²) in [5.74, 6) is 0.894. The van der Waals surface area contributed by atoms with Gasteiger partial charge in [-0.05, 0) is 77.2 Å². The van der Waals surface area contributed by atoms with Crippen molar-refractivity contribution in [2.45, 2.75) is 84.0 Å². The summed E-state index contributed by atoms with van der Waals surface area (Å²) in [6.45, 7) is 5.68. The fraction of sp³-hybridized carbons (Fsp3) is 0.448. The van der Waals surface area contributed by atoms with Gasteiger partial charge in [0.05, 0.1) is 6.04 Å². The molecule has 0 saturated heterocycles. The van der Waals surface area contributed by atoms with E-state index in [0.717, 1.165) is 60.9 Å². The summed E-state index contributed by atoms with van der Waals surface area (Å²) in [6.07, 6.45) is 7.48. The second-order valence-electron chi connectivity index (χ2n) is 9.93. The molecule has 0 radical (unpaired) electrons. The highest BCUT2D eigenvalue weighted by molar-refractivity contribution is 5.79. The molecule has 1 unspecified atom stereocenters. The Morgan fingerprint density at radius 2 is 1.86 bits per heavy atom. The molecule has 1 aliphatic rings. The lowest BCUT2D eigenvalue weighted by Gasteiger charge is -2.35. The Balaban J connectivity index is 1.45. The van der Waals surface area contributed by atoms with Crippen molar-refractivity contribution in [2.24, 2.45) is 0 Å². The van der Waals surface area contributed by atoms with E-state index in [0.29, 0.717) is 12.6 Å². The molecule has 0 bridgehead atoms. The largest absolute Gasteiger partial charge is 0.322 e. The number of nitrogens with zero attached hydrogens (tertiary/aromatic N) is 5. The number of hydrogen-bond acceptors (Lipinski definition) is 5. The van der Waals surface area contributed by atoms with Gasteiger partial charge in [-0.25, -0.2) is 4.68 Å². The topological polar surface area (TPSA) is 79.7 Å². The molecular weight excluding hydrogens is 448 g/mol. The highest BCUT2D eigenvalue weighted by Crippen LogP contribution is 2.33. The summed E-state index contributed by atoms with van der Waals surface area (Å²) in [4.78, 5) is 18.8. The van der Waals surface area contributed by atoms with Gasteiger partial charge >= 0.3 is 0 Å². The lowest BCUT2D eigenvalue weighted by atomic mass is 10.0. The number of benzene rings is 2. The molecule has 1 N–H and O–H groups in total. The maximum atomic E-state index is 13.1. The van der Waals surface area contributed by atoms with Gasteiger partial charge in [-0.15, -0.1) is 5.10 Å². The first kappa shape index (κ1) is 24.4. The van der Waals surface area contributed by atoms with Crippen LogP contribution in [0.5, 0.6) is 0 Å². The number of pyridine rings is 1. The van der Waals surface area contributed by atoms with E-state index >= 15 is 0 Å². The van der Waals surface area contributed by atoms with Crippen LogP contribution in [0.3, 0.4) is 0 Å². The third-order valence-corrected chi connectivity index (χ3v) is 7.64. The predicted molar refractivity (Wildman–Crippen MR) is 143 cm³/mol. The summed E-state index contributed by atoms with van der Waals surface area (Å²) in [7, 11) is 0. The van der Waals surface area contributed by atoms with Gasteiger partial charge < -0.3 is 4.98 Å². The Hall–Kier alpha value is -3.32. The van der Waals surface area contributed by atoms with Crippen LogP contribution in [0.1, 0.15) is 74.5 Å². The van der Waals surface area contributed by atoms with Gasteiger partial charge in [0.15, 0.2) is 5.82 Å². The van der Waals surface area contributed by atoms with E-state index in [4.69, 9.17) is 0 Å². The number of tetrazole rings is 1. The maximum Gasteiger partial charge on any atom is 0.252 e. The standard InChI is InChI=1S/C29H36N6O/c1-3-21-14-15-26-23(18-21)19-24(29(36)30-26)20-34(25-12-8-9-13-25)27(4-2)28-31-32-33-35(28)17-16-22-10-6-5-7-11-22/h5-7,10-11,14-15,18-19,25,27H,3-4,8-9,12-13,16-17,20H2,1-2H3,(H,30,36). The maximum absolute atomic E-state index is 13.1. The van der Waals surface area contributed by atoms with Crippen molar-refractivity contribution in [1.82, 2.24) is 30.1 Å². The third-order valence-electron chi connectivity index (χ3n) is 7.64. The highest BCUT2D eigenvalue weighted by atomic mass is 16.1. The van der Waals surface area contributed by atoms with Crippen LogP contribution in [0, 0.1) is 0 Å². The lowest BCUT2D eigenvalue weighted by molar-refractivity contribution is 0.112. The number of H-pyrrole nitrogens is 1.